The second-order valence-electron chi connectivity index (χ2n) is 4.46. The van der Waals surface area contributed by atoms with Crippen molar-refractivity contribution >= 4 is 15.9 Å². The summed E-state index contributed by atoms with van der Waals surface area (Å²) in [6.07, 6.45) is 0.867. The lowest BCUT2D eigenvalue weighted by molar-refractivity contribution is 0.258. The summed E-state index contributed by atoms with van der Waals surface area (Å²) in [5, 5.41) is 4.45. The van der Waals surface area contributed by atoms with Crippen LogP contribution in [0.25, 0.3) is 0 Å². The molecule has 0 N–H and O–H groups in total. The van der Waals surface area contributed by atoms with Crippen LogP contribution in [0.3, 0.4) is 0 Å². The van der Waals surface area contributed by atoms with Crippen LogP contribution < -0.4 is 14.2 Å². The minimum absolute atomic E-state index is 0.376. The number of nitrogens with zero attached hydrogens (tertiary/aromatic N) is 2. The molecular formula is C15H19BrN2O3. The van der Waals surface area contributed by atoms with E-state index >= 15 is 0 Å². The molecule has 0 saturated carbocycles. The van der Waals surface area contributed by atoms with Gasteiger partial charge in [0.1, 0.15) is 6.61 Å². The maximum Gasteiger partial charge on any atom is 0.203 e. The number of hydrogen-bond donors (Lipinski definition) is 0. The van der Waals surface area contributed by atoms with E-state index in [1.165, 1.54) is 0 Å². The molecule has 1 aromatic carbocycles. The van der Waals surface area contributed by atoms with Crippen LogP contribution in [0.4, 0.5) is 0 Å². The van der Waals surface area contributed by atoms with Crippen LogP contribution in [0, 0.1) is 0 Å². The predicted molar refractivity (Wildman–Crippen MR) is 84.2 cm³/mol. The molecule has 0 aliphatic carbocycles. The summed E-state index contributed by atoms with van der Waals surface area (Å²) in [4.78, 5) is 0. The SMILES string of the molecule is CCc1nn(C)c(COc2c(OC)cccc2OC)c1Br. The Balaban J connectivity index is 2.26. The zero-order valence-corrected chi connectivity index (χ0v) is 14.2. The highest BCUT2D eigenvalue weighted by molar-refractivity contribution is 9.10. The molecule has 0 radical (unpaired) electrons. The number of halogens is 1. The van der Waals surface area contributed by atoms with Gasteiger partial charge in [-0.15, -0.1) is 0 Å². The molecule has 0 amide bonds. The van der Waals surface area contributed by atoms with E-state index in [1.54, 1.807) is 14.2 Å². The van der Waals surface area contributed by atoms with Gasteiger partial charge in [-0.2, -0.15) is 5.10 Å². The lowest BCUT2D eigenvalue weighted by Gasteiger charge is -2.14. The number of para-hydroxylation sites is 1. The van der Waals surface area contributed by atoms with Crippen molar-refractivity contribution < 1.29 is 14.2 Å². The van der Waals surface area contributed by atoms with E-state index in [1.807, 2.05) is 29.9 Å². The van der Waals surface area contributed by atoms with Gasteiger partial charge in [0.25, 0.3) is 0 Å². The van der Waals surface area contributed by atoms with Crippen LogP contribution >= 0.6 is 15.9 Å². The lowest BCUT2D eigenvalue weighted by atomic mass is 10.3. The van der Waals surface area contributed by atoms with Crippen molar-refractivity contribution in [2.24, 2.45) is 7.05 Å². The fourth-order valence-electron chi connectivity index (χ4n) is 2.08. The molecule has 5 nitrogen and oxygen atoms in total. The fourth-order valence-corrected chi connectivity index (χ4v) is 2.81. The van der Waals surface area contributed by atoms with E-state index in [0.717, 1.165) is 22.3 Å². The van der Waals surface area contributed by atoms with E-state index in [4.69, 9.17) is 14.2 Å². The third kappa shape index (κ3) is 3.15. The Hall–Kier alpha value is -1.69. The highest BCUT2D eigenvalue weighted by Crippen LogP contribution is 2.37. The van der Waals surface area contributed by atoms with Crippen LogP contribution in [0.15, 0.2) is 22.7 Å². The van der Waals surface area contributed by atoms with Gasteiger partial charge in [-0.05, 0) is 34.5 Å². The van der Waals surface area contributed by atoms with Crippen molar-refractivity contribution in [1.82, 2.24) is 9.78 Å². The van der Waals surface area contributed by atoms with Gasteiger partial charge in [0.05, 0.1) is 30.1 Å². The number of benzene rings is 1. The van der Waals surface area contributed by atoms with Gasteiger partial charge >= 0.3 is 0 Å². The van der Waals surface area contributed by atoms with Crippen LogP contribution in [-0.4, -0.2) is 24.0 Å². The number of aromatic nitrogens is 2. The molecular weight excluding hydrogens is 336 g/mol. The Morgan fingerprint density at radius 2 is 1.81 bits per heavy atom. The summed E-state index contributed by atoms with van der Waals surface area (Å²) in [7, 11) is 5.12. The number of ether oxygens (including phenoxy) is 3. The molecule has 21 heavy (non-hydrogen) atoms. The highest BCUT2D eigenvalue weighted by atomic mass is 79.9. The fraction of sp³-hybridized carbons (Fsp3) is 0.400. The molecule has 114 valence electrons. The minimum Gasteiger partial charge on any atom is -0.493 e. The molecule has 0 aliphatic heterocycles. The number of hydrogen-bond acceptors (Lipinski definition) is 4. The summed E-state index contributed by atoms with van der Waals surface area (Å²) >= 11 is 3.58. The second-order valence-corrected chi connectivity index (χ2v) is 5.26. The molecule has 1 aromatic heterocycles. The standard InChI is InChI=1S/C15H19BrN2O3/c1-5-10-14(16)11(18(2)17-10)9-21-15-12(19-3)7-6-8-13(15)20-4/h6-8H,5,9H2,1-4H3. The van der Waals surface area contributed by atoms with E-state index < -0.39 is 0 Å². The Morgan fingerprint density at radius 3 is 2.29 bits per heavy atom. The maximum absolute atomic E-state index is 5.91. The maximum atomic E-state index is 5.91. The molecule has 0 aliphatic rings. The summed E-state index contributed by atoms with van der Waals surface area (Å²) in [5.41, 5.74) is 1.99. The molecule has 2 rings (SSSR count). The molecule has 0 saturated heterocycles. The molecule has 1 heterocycles. The molecule has 0 spiro atoms. The average Bonchev–Trinajstić information content (AvgIpc) is 2.78. The first-order chi connectivity index (χ1) is 10.1. The topological polar surface area (TPSA) is 45.5 Å². The smallest absolute Gasteiger partial charge is 0.203 e. The zero-order chi connectivity index (χ0) is 15.4. The zero-order valence-electron chi connectivity index (χ0n) is 12.6. The normalized spacial score (nSPS) is 10.5. The highest BCUT2D eigenvalue weighted by Gasteiger charge is 2.16. The van der Waals surface area contributed by atoms with Crippen molar-refractivity contribution in [3.63, 3.8) is 0 Å². The minimum atomic E-state index is 0.376. The van der Waals surface area contributed by atoms with E-state index in [-0.39, 0.29) is 0 Å². The van der Waals surface area contributed by atoms with Crippen molar-refractivity contribution in [1.29, 1.82) is 0 Å². The third-order valence-electron chi connectivity index (χ3n) is 3.24. The molecule has 6 heteroatoms. The Kier molecular flexibility index (Phi) is 5.12. The monoisotopic (exact) mass is 354 g/mol. The van der Waals surface area contributed by atoms with E-state index in [0.29, 0.717) is 23.9 Å². The molecule has 2 aromatic rings. The number of methoxy groups -OCH3 is 2. The molecule has 0 unspecified atom stereocenters. The van der Waals surface area contributed by atoms with Gasteiger partial charge in [-0.3, -0.25) is 4.68 Å². The van der Waals surface area contributed by atoms with Gasteiger partial charge in [0, 0.05) is 7.05 Å². The van der Waals surface area contributed by atoms with Crippen LogP contribution in [0.1, 0.15) is 18.3 Å². The largest absolute Gasteiger partial charge is 0.493 e. The lowest BCUT2D eigenvalue weighted by Crippen LogP contribution is -2.05. The van der Waals surface area contributed by atoms with Crippen LogP contribution in [0.5, 0.6) is 17.2 Å². The van der Waals surface area contributed by atoms with Crippen molar-refractivity contribution in [2.75, 3.05) is 14.2 Å². The molecule has 0 atom stereocenters. The predicted octanol–water partition coefficient (Wildman–Crippen LogP) is 3.34. The van der Waals surface area contributed by atoms with Gasteiger partial charge in [0.15, 0.2) is 11.5 Å². The van der Waals surface area contributed by atoms with E-state index in [2.05, 4.69) is 28.0 Å². The molecule has 0 bridgehead atoms. The second kappa shape index (κ2) is 6.85. The van der Waals surface area contributed by atoms with Crippen molar-refractivity contribution in [3.8, 4) is 17.2 Å². The summed E-state index contributed by atoms with van der Waals surface area (Å²) in [5.74, 6) is 1.88. The first-order valence-electron chi connectivity index (χ1n) is 6.66. The van der Waals surface area contributed by atoms with Gasteiger partial charge in [0.2, 0.25) is 5.75 Å². The number of rotatable bonds is 6. The van der Waals surface area contributed by atoms with Crippen LogP contribution in [0.2, 0.25) is 0 Å². The van der Waals surface area contributed by atoms with Gasteiger partial charge in [-0.1, -0.05) is 13.0 Å². The third-order valence-corrected chi connectivity index (χ3v) is 4.15. The molecule has 0 fully saturated rings. The van der Waals surface area contributed by atoms with Gasteiger partial charge in [-0.25, -0.2) is 0 Å². The summed E-state index contributed by atoms with van der Waals surface area (Å²) in [6, 6.07) is 5.54. The average molecular weight is 355 g/mol. The Morgan fingerprint density at radius 1 is 1.19 bits per heavy atom. The van der Waals surface area contributed by atoms with Crippen molar-refractivity contribution in [2.45, 2.75) is 20.0 Å². The Labute approximate surface area is 132 Å². The van der Waals surface area contributed by atoms with Crippen LogP contribution in [-0.2, 0) is 20.1 Å². The van der Waals surface area contributed by atoms with Gasteiger partial charge < -0.3 is 14.2 Å². The van der Waals surface area contributed by atoms with Crippen molar-refractivity contribution in [3.05, 3.63) is 34.1 Å². The number of aryl methyl sites for hydroxylation is 2. The quantitative estimate of drug-likeness (QED) is 0.797. The summed E-state index contributed by atoms with van der Waals surface area (Å²) < 4.78 is 19.4. The first kappa shape index (κ1) is 15.7. The first-order valence-corrected chi connectivity index (χ1v) is 7.45. The van der Waals surface area contributed by atoms with E-state index in [9.17, 15) is 0 Å². The summed E-state index contributed by atoms with van der Waals surface area (Å²) in [6.45, 7) is 2.45. The Bertz CT molecular complexity index is 603.